The van der Waals surface area contributed by atoms with Crippen molar-refractivity contribution in [3.05, 3.63) is 0 Å². The van der Waals surface area contributed by atoms with Gasteiger partial charge in [-0.3, -0.25) is 0 Å². The lowest BCUT2D eigenvalue weighted by atomic mass is 9.81. The highest BCUT2D eigenvalue weighted by Crippen LogP contribution is 2.54. The first kappa shape index (κ1) is 5.69. The molecule has 3 aliphatic rings. The van der Waals surface area contributed by atoms with Crippen molar-refractivity contribution >= 4 is 0 Å². The Hall–Kier alpha value is -0.0800. The molecule has 0 aliphatic heterocycles. The van der Waals surface area contributed by atoms with Crippen LogP contribution in [0.1, 0.15) is 19.3 Å². The first-order chi connectivity index (χ1) is 4.24. The van der Waals surface area contributed by atoms with Crippen LogP contribution < -0.4 is 5.73 Å². The molecule has 1 atom stereocenters. The van der Waals surface area contributed by atoms with E-state index >= 15 is 0 Å². The summed E-state index contributed by atoms with van der Waals surface area (Å²) >= 11 is 0. The zero-order valence-corrected chi connectivity index (χ0v) is 5.51. The van der Waals surface area contributed by atoms with Crippen molar-refractivity contribution < 1.29 is 5.11 Å². The second-order valence-corrected chi connectivity index (χ2v) is 3.55. The molecular weight excluding hydrogens is 114 g/mol. The second-order valence-electron chi connectivity index (χ2n) is 3.55. The Labute approximate surface area is 55.1 Å². The summed E-state index contributed by atoms with van der Waals surface area (Å²) in [7, 11) is 0. The van der Waals surface area contributed by atoms with Gasteiger partial charge in [-0.05, 0) is 31.1 Å². The van der Waals surface area contributed by atoms with Crippen LogP contribution in [0.2, 0.25) is 0 Å². The molecule has 0 radical (unpaired) electrons. The van der Waals surface area contributed by atoms with Crippen LogP contribution >= 0.6 is 0 Å². The lowest BCUT2D eigenvalue weighted by Crippen LogP contribution is -2.39. The lowest BCUT2D eigenvalue weighted by molar-refractivity contribution is 0.0191. The molecule has 3 rings (SSSR count). The van der Waals surface area contributed by atoms with Gasteiger partial charge in [0.1, 0.15) is 0 Å². The molecule has 52 valence electrons. The molecule has 0 spiro atoms. The Bertz CT molecular complexity index is 131. The first-order valence-electron chi connectivity index (χ1n) is 3.67. The standard InChI is InChI=1S/C7H13NO/c8-4-7(9)3-5-1-6(7)2-5/h5-6,9H,1-4,8H2. The van der Waals surface area contributed by atoms with Gasteiger partial charge in [0, 0.05) is 6.54 Å². The van der Waals surface area contributed by atoms with Crippen LogP contribution in [0, 0.1) is 11.8 Å². The van der Waals surface area contributed by atoms with Crippen molar-refractivity contribution in [1.29, 1.82) is 0 Å². The highest BCUT2D eigenvalue weighted by Gasteiger charge is 2.53. The topological polar surface area (TPSA) is 46.2 Å². The van der Waals surface area contributed by atoms with Crippen molar-refractivity contribution in [1.82, 2.24) is 0 Å². The van der Waals surface area contributed by atoms with E-state index in [4.69, 9.17) is 5.73 Å². The quantitative estimate of drug-likeness (QED) is 0.525. The van der Waals surface area contributed by atoms with Crippen LogP contribution in [-0.2, 0) is 0 Å². The predicted molar refractivity (Wildman–Crippen MR) is 34.8 cm³/mol. The number of nitrogens with two attached hydrogens (primary N) is 1. The molecule has 0 aromatic rings. The van der Waals surface area contributed by atoms with Gasteiger partial charge >= 0.3 is 0 Å². The van der Waals surface area contributed by atoms with Crippen LogP contribution in [0.3, 0.4) is 0 Å². The summed E-state index contributed by atoms with van der Waals surface area (Å²) in [5.74, 6) is 1.36. The molecule has 2 heteroatoms. The number of aliphatic hydroxyl groups is 1. The van der Waals surface area contributed by atoms with Crippen molar-refractivity contribution in [2.45, 2.75) is 24.9 Å². The summed E-state index contributed by atoms with van der Waals surface area (Å²) in [5, 5.41) is 9.69. The minimum Gasteiger partial charge on any atom is -0.388 e. The Kier molecular flexibility index (Phi) is 0.945. The van der Waals surface area contributed by atoms with Crippen molar-refractivity contribution in [3.63, 3.8) is 0 Å². The maximum absolute atomic E-state index is 9.69. The largest absolute Gasteiger partial charge is 0.388 e. The van der Waals surface area contributed by atoms with Crippen LogP contribution in [0.5, 0.6) is 0 Å². The van der Waals surface area contributed by atoms with Crippen LogP contribution in [0.15, 0.2) is 0 Å². The fourth-order valence-electron chi connectivity index (χ4n) is 2.26. The highest BCUT2D eigenvalue weighted by molar-refractivity contribution is 5.05. The molecule has 3 fully saturated rings. The fraction of sp³-hybridized carbons (Fsp3) is 1.00. The van der Waals surface area contributed by atoms with Gasteiger partial charge in [0.2, 0.25) is 0 Å². The highest BCUT2D eigenvalue weighted by atomic mass is 16.3. The third-order valence-electron chi connectivity index (χ3n) is 2.99. The van der Waals surface area contributed by atoms with E-state index in [9.17, 15) is 5.11 Å². The normalized spacial score (nSPS) is 55.3. The van der Waals surface area contributed by atoms with E-state index in [1.807, 2.05) is 0 Å². The molecule has 0 saturated heterocycles. The molecule has 9 heavy (non-hydrogen) atoms. The van der Waals surface area contributed by atoms with E-state index in [0.717, 1.165) is 12.3 Å². The zero-order chi connectivity index (χ0) is 6.48. The maximum atomic E-state index is 9.69. The Morgan fingerprint density at radius 1 is 1.56 bits per heavy atom. The van der Waals surface area contributed by atoms with Crippen molar-refractivity contribution in [2.75, 3.05) is 6.54 Å². The van der Waals surface area contributed by atoms with Gasteiger partial charge in [-0.15, -0.1) is 0 Å². The van der Waals surface area contributed by atoms with Crippen LogP contribution in [0.25, 0.3) is 0 Å². The number of hydrogen-bond acceptors (Lipinski definition) is 2. The monoisotopic (exact) mass is 127 g/mol. The Morgan fingerprint density at radius 3 is 2.44 bits per heavy atom. The Morgan fingerprint density at radius 2 is 2.22 bits per heavy atom. The van der Waals surface area contributed by atoms with Crippen LogP contribution in [-0.4, -0.2) is 17.3 Å². The van der Waals surface area contributed by atoms with E-state index in [0.29, 0.717) is 12.5 Å². The molecule has 3 saturated carbocycles. The van der Waals surface area contributed by atoms with E-state index in [-0.39, 0.29) is 0 Å². The van der Waals surface area contributed by atoms with Gasteiger partial charge in [0.25, 0.3) is 0 Å². The van der Waals surface area contributed by atoms with Gasteiger partial charge < -0.3 is 10.8 Å². The van der Waals surface area contributed by atoms with Crippen molar-refractivity contribution in [3.8, 4) is 0 Å². The van der Waals surface area contributed by atoms with Crippen molar-refractivity contribution in [2.24, 2.45) is 17.6 Å². The summed E-state index contributed by atoms with van der Waals surface area (Å²) in [6, 6.07) is 0. The predicted octanol–water partition coefficient (Wildman–Crippen LogP) is 0.106. The molecule has 0 aromatic heterocycles. The third kappa shape index (κ3) is 0.578. The fourth-order valence-corrected chi connectivity index (χ4v) is 2.26. The molecular formula is C7H13NO. The first-order valence-corrected chi connectivity index (χ1v) is 3.67. The molecule has 1 unspecified atom stereocenters. The smallest absolute Gasteiger partial charge is 0.0800 e. The van der Waals surface area contributed by atoms with Gasteiger partial charge in [-0.25, -0.2) is 0 Å². The SMILES string of the molecule is NCC1(O)CC2CC1C2. The second kappa shape index (κ2) is 1.50. The lowest BCUT2D eigenvalue weighted by Gasteiger charge is -2.29. The van der Waals surface area contributed by atoms with Gasteiger partial charge in [0.05, 0.1) is 5.60 Å². The van der Waals surface area contributed by atoms with Gasteiger partial charge in [0.15, 0.2) is 0 Å². The van der Waals surface area contributed by atoms with E-state index in [1.54, 1.807) is 0 Å². The summed E-state index contributed by atoms with van der Waals surface area (Å²) in [5.41, 5.74) is 4.98. The van der Waals surface area contributed by atoms with Crippen LogP contribution in [0.4, 0.5) is 0 Å². The molecule has 3 N–H and O–H groups in total. The molecule has 0 aromatic carbocycles. The Balaban J connectivity index is 2.13. The van der Waals surface area contributed by atoms with Gasteiger partial charge in [-0.1, -0.05) is 0 Å². The minimum absolute atomic E-state index is 0.454. The maximum Gasteiger partial charge on any atom is 0.0800 e. The average Bonchev–Trinajstić information content (AvgIpc) is 2.19. The summed E-state index contributed by atoms with van der Waals surface area (Å²) in [4.78, 5) is 0. The molecule has 0 amide bonds. The molecule has 2 bridgehead atoms. The summed E-state index contributed by atoms with van der Waals surface area (Å²) < 4.78 is 0. The van der Waals surface area contributed by atoms with E-state index in [1.165, 1.54) is 12.8 Å². The minimum atomic E-state index is -0.454. The number of fused-ring (bicyclic) bond motifs is 1. The van der Waals surface area contributed by atoms with Gasteiger partial charge in [-0.2, -0.15) is 0 Å². The zero-order valence-electron chi connectivity index (χ0n) is 5.51. The molecule has 0 heterocycles. The summed E-state index contributed by atoms with van der Waals surface area (Å²) in [6.07, 6.45) is 3.43. The van der Waals surface area contributed by atoms with E-state index in [2.05, 4.69) is 0 Å². The molecule has 2 nitrogen and oxygen atoms in total. The number of rotatable bonds is 1. The molecule has 3 aliphatic carbocycles. The summed E-state index contributed by atoms with van der Waals surface area (Å²) in [6.45, 7) is 0.466. The number of hydrogen-bond donors (Lipinski definition) is 2. The average molecular weight is 127 g/mol. The van der Waals surface area contributed by atoms with E-state index < -0.39 is 5.60 Å². The third-order valence-corrected chi connectivity index (χ3v) is 2.99.